The monoisotopic (exact) mass is 443 g/mol. The van der Waals surface area contributed by atoms with E-state index in [2.05, 4.69) is 22.1 Å². The van der Waals surface area contributed by atoms with E-state index >= 15 is 0 Å². The Balaban J connectivity index is 1.66. The summed E-state index contributed by atoms with van der Waals surface area (Å²) in [6.07, 6.45) is 10.3. The first-order chi connectivity index (χ1) is 15.5. The van der Waals surface area contributed by atoms with Gasteiger partial charge in [0, 0.05) is 30.1 Å². The summed E-state index contributed by atoms with van der Waals surface area (Å²) < 4.78 is 13.5. The van der Waals surface area contributed by atoms with Crippen molar-refractivity contribution in [1.82, 2.24) is 19.7 Å². The number of hydrogen-bond acceptors (Lipinski definition) is 7. The van der Waals surface area contributed by atoms with Gasteiger partial charge in [-0.2, -0.15) is 10.4 Å². The molecule has 0 aliphatic heterocycles. The molecular weight excluding hydrogens is 422 g/mol. The average Bonchev–Trinajstić information content (AvgIpc) is 3.45. The van der Waals surface area contributed by atoms with E-state index in [-0.39, 0.29) is 0 Å². The van der Waals surface area contributed by atoms with Crippen molar-refractivity contribution in [2.45, 2.75) is 20.0 Å². The van der Waals surface area contributed by atoms with E-state index in [0.29, 0.717) is 24.5 Å². The molecule has 4 aromatic rings. The molecule has 0 saturated heterocycles. The third kappa shape index (κ3) is 3.41. The second-order valence-corrected chi connectivity index (χ2v) is 8.96. The standard InChI is InChI=1S/C24H21N5O2S/c1-24(13-25)6-4-15(5-7-24)23-22-17-8-21(31-12-16-10-26-14-32-16)20(30-3)9-18(17)27-11-19(22)29(2)28-23/h4-6,8-11,14H,7,12H2,1-3H3. The summed E-state index contributed by atoms with van der Waals surface area (Å²) in [6.45, 7) is 2.35. The van der Waals surface area contributed by atoms with Gasteiger partial charge in [-0.05, 0) is 25.0 Å². The number of ether oxygens (including phenoxy) is 2. The molecule has 8 heteroatoms. The molecule has 1 aromatic carbocycles. The van der Waals surface area contributed by atoms with Crippen LogP contribution in [0.1, 0.15) is 23.9 Å². The molecule has 1 atom stereocenters. The number of hydrogen-bond donors (Lipinski definition) is 0. The minimum absolute atomic E-state index is 0.413. The van der Waals surface area contributed by atoms with Crippen LogP contribution in [0.2, 0.25) is 0 Å². The van der Waals surface area contributed by atoms with Crippen LogP contribution >= 0.6 is 11.3 Å². The fourth-order valence-corrected chi connectivity index (χ4v) is 4.37. The number of rotatable bonds is 5. The number of benzene rings is 1. The number of methoxy groups -OCH3 is 1. The predicted molar refractivity (Wildman–Crippen MR) is 124 cm³/mol. The van der Waals surface area contributed by atoms with Gasteiger partial charge in [0.1, 0.15) is 12.3 Å². The Morgan fingerprint density at radius 1 is 1.28 bits per heavy atom. The van der Waals surface area contributed by atoms with Gasteiger partial charge in [0.25, 0.3) is 0 Å². The molecule has 0 radical (unpaired) electrons. The highest BCUT2D eigenvalue weighted by Crippen LogP contribution is 2.39. The molecule has 0 N–H and O–H groups in total. The van der Waals surface area contributed by atoms with Gasteiger partial charge in [-0.1, -0.05) is 18.2 Å². The maximum atomic E-state index is 9.44. The molecule has 160 valence electrons. The van der Waals surface area contributed by atoms with E-state index < -0.39 is 5.41 Å². The molecule has 32 heavy (non-hydrogen) atoms. The van der Waals surface area contributed by atoms with Crippen LogP contribution in [0.3, 0.4) is 0 Å². The Morgan fingerprint density at radius 3 is 2.84 bits per heavy atom. The maximum absolute atomic E-state index is 9.44. The molecule has 1 unspecified atom stereocenters. The molecule has 3 heterocycles. The minimum atomic E-state index is -0.483. The Hall–Kier alpha value is -3.70. The maximum Gasteiger partial charge on any atom is 0.162 e. The Morgan fingerprint density at radius 2 is 2.16 bits per heavy atom. The Bertz CT molecular complexity index is 1430. The molecular formula is C24H21N5O2S. The van der Waals surface area contributed by atoms with Gasteiger partial charge in [-0.3, -0.25) is 14.6 Å². The van der Waals surface area contributed by atoms with Crippen molar-refractivity contribution in [3.8, 4) is 17.6 Å². The van der Waals surface area contributed by atoms with Crippen LogP contribution in [0.15, 0.2) is 48.3 Å². The van der Waals surface area contributed by atoms with Crippen LogP contribution in [0.4, 0.5) is 0 Å². The lowest BCUT2D eigenvalue weighted by Gasteiger charge is -2.19. The molecule has 1 aliphatic rings. The summed E-state index contributed by atoms with van der Waals surface area (Å²) in [5, 5.41) is 16.2. The number of nitriles is 1. The lowest BCUT2D eigenvalue weighted by atomic mass is 9.82. The number of aryl methyl sites for hydroxylation is 1. The number of pyridine rings is 1. The van der Waals surface area contributed by atoms with Crippen molar-refractivity contribution in [2.24, 2.45) is 12.5 Å². The van der Waals surface area contributed by atoms with Crippen molar-refractivity contribution in [3.63, 3.8) is 0 Å². The summed E-state index contributed by atoms with van der Waals surface area (Å²) in [5.41, 5.74) is 4.89. The van der Waals surface area contributed by atoms with Crippen LogP contribution in [0.25, 0.3) is 27.4 Å². The normalized spacial score (nSPS) is 18.0. The number of allylic oxidation sites excluding steroid dienone is 4. The van der Waals surface area contributed by atoms with Crippen LogP contribution in [0.5, 0.6) is 11.5 Å². The summed E-state index contributed by atoms with van der Waals surface area (Å²) in [4.78, 5) is 9.77. The number of aromatic nitrogens is 4. The Labute approximate surface area is 189 Å². The van der Waals surface area contributed by atoms with E-state index in [1.165, 1.54) is 0 Å². The quantitative estimate of drug-likeness (QED) is 0.430. The summed E-state index contributed by atoms with van der Waals surface area (Å²) in [5.74, 6) is 1.27. The molecule has 0 spiro atoms. The molecule has 7 nitrogen and oxygen atoms in total. The largest absolute Gasteiger partial charge is 0.493 e. The second kappa shape index (κ2) is 7.77. The SMILES string of the molecule is COc1cc2ncc3c(c(C4=CCC(C)(C#N)C=C4)nn3C)c2cc1OCc1cncs1. The zero-order valence-electron chi connectivity index (χ0n) is 18.0. The van der Waals surface area contributed by atoms with Gasteiger partial charge in [-0.15, -0.1) is 11.3 Å². The van der Waals surface area contributed by atoms with E-state index in [0.717, 1.165) is 38.0 Å². The zero-order valence-corrected chi connectivity index (χ0v) is 18.8. The minimum Gasteiger partial charge on any atom is -0.493 e. The van der Waals surface area contributed by atoms with Gasteiger partial charge in [0.05, 0.1) is 46.2 Å². The summed E-state index contributed by atoms with van der Waals surface area (Å²) >= 11 is 1.55. The zero-order chi connectivity index (χ0) is 22.3. The molecule has 0 bridgehead atoms. The highest BCUT2D eigenvalue weighted by molar-refractivity contribution is 7.09. The van der Waals surface area contributed by atoms with Crippen molar-refractivity contribution >= 4 is 38.7 Å². The first-order valence-corrected chi connectivity index (χ1v) is 11.0. The highest BCUT2D eigenvalue weighted by atomic mass is 32.1. The lowest BCUT2D eigenvalue weighted by Crippen LogP contribution is -2.11. The number of thiazole rings is 1. The first-order valence-electron chi connectivity index (χ1n) is 10.2. The smallest absolute Gasteiger partial charge is 0.162 e. The molecule has 1 aliphatic carbocycles. The fraction of sp³-hybridized carbons (Fsp3) is 0.250. The van der Waals surface area contributed by atoms with Gasteiger partial charge in [0.15, 0.2) is 11.5 Å². The summed E-state index contributed by atoms with van der Waals surface area (Å²) in [6, 6.07) is 6.24. The van der Waals surface area contributed by atoms with Gasteiger partial charge >= 0.3 is 0 Å². The molecule has 0 saturated carbocycles. The van der Waals surface area contributed by atoms with Crippen molar-refractivity contribution in [3.05, 3.63) is 58.8 Å². The third-order valence-corrected chi connectivity index (χ3v) is 6.48. The fourth-order valence-electron chi connectivity index (χ4n) is 3.86. The van der Waals surface area contributed by atoms with Crippen molar-refractivity contribution in [2.75, 3.05) is 7.11 Å². The van der Waals surface area contributed by atoms with Crippen molar-refractivity contribution in [1.29, 1.82) is 5.26 Å². The number of nitrogens with zero attached hydrogens (tertiary/aromatic N) is 5. The molecule has 5 rings (SSSR count). The van der Waals surface area contributed by atoms with Gasteiger partial charge in [-0.25, -0.2) is 0 Å². The molecule has 3 aromatic heterocycles. The van der Waals surface area contributed by atoms with Crippen LogP contribution in [-0.4, -0.2) is 26.9 Å². The van der Waals surface area contributed by atoms with E-state index in [4.69, 9.17) is 14.6 Å². The highest BCUT2D eigenvalue weighted by Gasteiger charge is 2.25. The molecule has 0 fully saturated rings. The van der Waals surface area contributed by atoms with E-state index in [9.17, 15) is 5.26 Å². The number of fused-ring (bicyclic) bond motifs is 3. The van der Waals surface area contributed by atoms with Crippen LogP contribution in [0, 0.1) is 16.7 Å². The van der Waals surface area contributed by atoms with Gasteiger partial charge in [0.2, 0.25) is 0 Å². The van der Waals surface area contributed by atoms with E-state index in [1.807, 2.05) is 49.1 Å². The van der Waals surface area contributed by atoms with Crippen LogP contribution in [-0.2, 0) is 13.7 Å². The Kier molecular flexibility index (Phi) is 4.91. The topological polar surface area (TPSA) is 85.8 Å². The van der Waals surface area contributed by atoms with Crippen molar-refractivity contribution < 1.29 is 9.47 Å². The summed E-state index contributed by atoms with van der Waals surface area (Å²) in [7, 11) is 3.54. The van der Waals surface area contributed by atoms with Crippen LogP contribution < -0.4 is 9.47 Å². The molecule has 0 amide bonds. The van der Waals surface area contributed by atoms with Gasteiger partial charge < -0.3 is 9.47 Å². The van der Waals surface area contributed by atoms with E-state index in [1.54, 1.807) is 30.2 Å². The third-order valence-electron chi connectivity index (χ3n) is 5.73. The predicted octanol–water partition coefficient (Wildman–Crippen LogP) is 5.04. The second-order valence-electron chi connectivity index (χ2n) is 7.99. The average molecular weight is 444 g/mol. The first kappa shape index (κ1) is 20.2. The lowest BCUT2D eigenvalue weighted by molar-refractivity contribution is 0.288.